The van der Waals surface area contributed by atoms with Crippen molar-refractivity contribution in [3.63, 3.8) is 0 Å². The van der Waals surface area contributed by atoms with Gasteiger partial charge < -0.3 is 9.84 Å². The van der Waals surface area contributed by atoms with Gasteiger partial charge in [-0.05, 0) is 104 Å². The Morgan fingerprint density at radius 3 is 2.33 bits per heavy atom. The molecule has 2 aromatic rings. The number of hydrogen-bond acceptors (Lipinski definition) is 4. The fourth-order valence-corrected chi connectivity index (χ4v) is 10.9. The molecule has 3 saturated carbocycles. The van der Waals surface area contributed by atoms with Crippen molar-refractivity contribution in [2.75, 3.05) is 6.54 Å². The van der Waals surface area contributed by atoms with Crippen molar-refractivity contribution in [2.45, 2.75) is 103 Å². The summed E-state index contributed by atoms with van der Waals surface area (Å²) in [5.41, 5.74) is 3.90. The second-order valence-electron chi connectivity index (χ2n) is 15.2. The number of ether oxygens (including phenoxy) is 1. The van der Waals surface area contributed by atoms with Crippen LogP contribution in [0.3, 0.4) is 0 Å². The topological polar surface area (TPSA) is 49.8 Å². The third-order valence-electron chi connectivity index (χ3n) is 12.9. The average molecular weight is 568 g/mol. The second kappa shape index (κ2) is 10.6. The van der Waals surface area contributed by atoms with Gasteiger partial charge in [-0.3, -0.25) is 9.69 Å². The molecule has 0 spiro atoms. The molecule has 4 fully saturated rings. The van der Waals surface area contributed by atoms with Crippen LogP contribution in [0.25, 0.3) is 0 Å². The Morgan fingerprint density at radius 2 is 1.60 bits per heavy atom. The van der Waals surface area contributed by atoms with Gasteiger partial charge in [0.25, 0.3) is 0 Å². The maximum atomic E-state index is 14.0. The highest BCUT2D eigenvalue weighted by molar-refractivity contribution is 5.77. The number of hydrogen-bond donors (Lipinski definition) is 1. The largest absolute Gasteiger partial charge is 0.457 e. The molecule has 0 amide bonds. The molecular formula is C38H49NO3. The number of carbonyl (C=O) groups excluding carboxylic acids is 1. The van der Waals surface area contributed by atoms with E-state index in [9.17, 15) is 9.90 Å². The van der Waals surface area contributed by atoms with Crippen LogP contribution in [0, 0.1) is 34.5 Å². The van der Waals surface area contributed by atoms with Crippen LogP contribution in [0.4, 0.5) is 0 Å². The number of morpholine rings is 1. The number of nitrogens with zero attached hydrogens (tertiary/aromatic N) is 1. The second-order valence-corrected chi connectivity index (χ2v) is 15.2. The predicted octanol–water partition coefficient (Wildman–Crippen LogP) is 7.36. The molecule has 1 aliphatic heterocycles. The van der Waals surface area contributed by atoms with Gasteiger partial charge in [-0.1, -0.05) is 86.2 Å². The minimum atomic E-state index is -0.496. The molecule has 1 saturated heterocycles. The number of allylic oxidation sites excluding steroid dienone is 1. The number of aliphatic hydroxyl groups is 1. The van der Waals surface area contributed by atoms with Gasteiger partial charge in [0.15, 0.2) is 0 Å². The van der Waals surface area contributed by atoms with Crippen molar-refractivity contribution in [1.29, 1.82) is 0 Å². The molecule has 4 heteroatoms. The molecule has 4 nitrogen and oxygen atoms in total. The Bertz CT molecular complexity index is 1320. The standard InChI is InChI=1S/C38H49NO3/c1-36-20-18-29(40)23-28(36)14-15-30-31-16-17-34(37(31,2)21-19-32(30)36)38(3)25-39(24-27-12-8-5-9-13-27)33(35(41)42-38)22-26-10-6-4-7-11-26/h4-14,29-34,40H,15-25H2,1-3H3/t29-,30?,31?,32?,33+,34?,36-,37-,38-/m0/s1. The number of fused-ring (bicyclic) bond motifs is 5. The molecule has 224 valence electrons. The van der Waals surface area contributed by atoms with Crippen LogP contribution in [0.2, 0.25) is 0 Å². The summed E-state index contributed by atoms with van der Waals surface area (Å²) in [5, 5.41) is 10.4. The zero-order valence-electron chi connectivity index (χ0n) is 25.8. The first-order valence-electron chi connectivity index (χ1n) is 16.6. The monoisotopic (exact) mass is 567 g/mol. The number of rotatable bonds is 5. The van der Waals surface area contributed by atoms with Gasteiger partial charge in [-0.2, -0.15) is 0 Å². The zero-order valence-corrected chi connectivity index (χ0v) is 25.8. The lowest BCUT2D eigenvalue weighted by molar-refractivity contribution is -0.200. The van der Waals surface area contributed by atoms with Gasteiger partial charge in [0.1, 0.15) is 11.6 Å². The minimum absolute atomic E-state index is 0.0530. The summed E-state index contributed by atoms with van der Waals surface area (Å²) in [6.45, 7) is 8.86. The number of cyclic esters (lactones) is 1. The van der Waals surface area contributed by atoms with E-state index in [1.807, 2.05) is 6.07 Å². The average Bonchev–Trinajstić information content (AvgIpc) is 3.35. The summed E-state index contributed by atoms with van der Waals surface area (Å²) < 4.78 is 6.66. The first-order chi connectivity index (χ1) is 20.2. The molecule has 42 heavy (non-hydrogen) atoms. The van der Waals surface area contributed by atoms with Crippen molar-refractivity contribution < 1.29 is 14.6 Å². The molecule has 0 bridgehead atoms. The molecule has 0 aromatic heterocycles. The molecule has 4 aliphatic carbocycles. The van der Waals surface area contributed by atoms with Crippen LogP contribution in [-0.4, -0.2) is 40.3 Å². The van der Waals surface area contributed by atoms with E-state index < -0.39 is 5.60 Å². The Morgan fingerprint density at radius 1 is 0.881 bits per heavy atom. The van der Waals surface area contributed by atoms with E-state index in [0.717, 1.165) is 45.2 Å². The summed E-state index contributed by atoms with van der Waals surface area (Å²) in [4.78, 5) is 16.4. The van der Waals surface area contributed by atoms with Crippen molar-refractivity contribution in [3.8, 4) is 0 Å². The number of esters is 1. The third kappa shape index (κ3) is 4.68. The summed E-state index contributed by atoms with van der Waals surface area (Å²) in [7, 11) is 0. The Labute approximate surface area is 252 Å². The molecule has 1 heterocycles. The van der Waals surface area contributed by atoms with Crippen molar-refractivity contribution in [1.82, 2.24) is 4.90 Å². The Kier molecular flexibility index (Phi) is 7.17. The van der Waals surface area contributed by atoms with E-state index in [-0.39, 0.29) is 28.9 Å². The van der Waals surface area contributed by atoms with Gasteiger partial charge in [0.2, 0.25) is 0 Å². The molecular weight excluding hydrogens is 518 g/mol. The van der Waals surface area contributed by atoms with Crippen LogP contribution >= 0.6 is 0 Å². The molecule has 2 aromatic carbocycles. The van der Waals surface area contributed by atoms with Crippen LogP contribution in [-0.2, 0) is 22.5 Å². The van der Waals surface area contributed by atoms with E-state index in [4.69, 9.17) is 4.74 Å². The van der Waals surface area contributed by atoms with E-state index in [1.54, 1.807) is 0 Å². The summed E-state index contributed by atoms with van der Waals surface area (Å²) in [6, 6.07) is 20.8. The molecule has 5 aliphatic rings. The minimum Gasteiger partial charge on any atom is -0.457 e. The lowest BCUT2D eigenvalue weighted by Gasteiger charge is -2.59. The lowest BCUT2D eigenvalue weighted by Crippen LogP contribution is -2.63. The molecule has 0 radical (unpaired) electrons. The first kappa shape index (κ1) is 28.3. The van der Waals surface area contributed by atoms with Crippen molar-refractivity contribution >= 4 is 5.97 Å². The third-order valence-corrected chi connectivity index (χ3v) is 12.9. The maximum Gasteiger partial charge on any atom is 0.324 e. The molecule has 1 N–H and O–H groups in total. The molecule has 7 rings (SSSR count). The number of aliphatic hydroxyl groups excluding tert-OH is 1. The highest BCUT2D eigenvalue weighted by atomic mass is 16.6. The zero-order chi connectivity index (χ0) is 29.1. The molecule has 9 atom stereocenters. The summed E-state index contributed by atoms with van der Waals surface area (Å²) in [5.74, 6) is 2.40. The summed E-state index contributed by atoms with van der Waals surface area (Å²) in [6.07, 6.45) is 12.0. The van der Waals surface area contributed by atoms with E-state index >= 15 is 0 Å². The highest BCUT2D eigenvalue weighted by Crippen LogP contribution is 2.68. The Balaban J connectivity index is 1.16. The van der Waals surface area contributed by atoms with Crippen LogP contribution < -0.4 is 0 Å². The molecule has 4 unspecified atom stereocenters. The van der Waals surface area contributed by atoms with Gasteiger partial charge in [0.05, 0.1) is 6.10 Å². The smallest absolute Gasteiger partial charge is 0.324 e. The van der Waals surface area contributed by atoms with Gasteiger partial charge in [-0.25, -0.2) is 0 Å². The maximum absolute atomic E-state index is 14.0. The van der Waals surface area contributed by atoms with Crippen molar-refractivity contribution in [3.05, 3.63) is 83.4 Å². The van der Waals surface area contributed by atoms with E-state index in [2.05, 4.69) is 86.3 Å². The number of benzene rings is 2. The van der Waals surface area contributed by atoms with Crippen molar-refractivity contribution in [2.24, 2.45) is 34.5 Å². The SMILES string of the molecule is C[C@]12CCC3C(CC=C4C[C@@H](O)CC[C@@]43C)C1CCC2[C@]1(C)CN(Cc2ccccc2)[C@H](Cc2ccccc2)C(=O)O1. The Hall–Kier alpha value is -2.43. The highest BCUT2D eigenvalue weighted by Gasteiger charge is 2.63. The quantitative estimate of drug-likeness (QED) is 0.303. The number of carbonyl (C=O) groups is 1. The van der Waals surface area contributed by atoms with Crippen LogP contribution in [0.5, 0.6) is 0 Å². The van der Waals surface area contributed by atoms with Crippen LogP contribution in [0.1, 0.15) is 83.3 Å². The first-order valence-corrected chi connectivity index (χ1v) is 16.6. The fourth-order valence-electron chi connectivity index (χ4n) is 10.9. The van der Waals surface area contributed by atoms with Gasteiger partial charge >= 0.3 is 5.97 Å². The van der Waals surface area contributed by atoms with Crippen LogP contribution in [0.15, 0.2) is 72.3 Å². The van der Waals surface area contributed by atoms with E-state index in [1.165, 1.54) is 36.0 Å². The summed E-state index contributed by atoms with van der Waals surface area (Å²) >= 11 is 0. The lowest BCUT2D eigenvalue weighted by atomic mass is 9.46. The predicted molar refractivity (Wildman–Crippen MR) is 166 cm³/mol. The fraction of sp³-hybridized carbons (Fsp3) is 0.605. The van der Waals surface area contributed by atoms with Gasteiger partial charge in [-0.15, -0.1) is 0 Å². The van der Waals surface area contributed by atoms with Gasteiger partial charge in [0, 0.05) is 19.0 Å². The van der Waals surface area contributed by atoms with E-state index in [0.29, 0.717) is 30.1 Å². The normalized spacial score (nSPS) is 41.7.